The summed E-state index contributed by atoms with van der Waals surface area (Å²) in [6, 6.07) is 0. The summed E-state index contributed by atoms with van der Waals surface area (Å²) in [6.07, 6.45) is 2.90. The van der Waals surface area contributed by atoms with Crippen molar-refractivity contribution in [2.45, 2.75) is 4.45 Å². The Hall–Kier alpha value is -0.710. The van der Waals surface area contributed by atoms with E-state index in [0.29, 0.717) is 0 Å². The van der Waals surface area contributed by atoms with E-state index in [9.17, 15) is 4.79 Å². The molecule has 1 unspecified atom stereocenters. The third-order valence-corrected chi connectivity index (χ3v) is 1.72. The first-order valence-corrected chi connectivity index (χ1v) is 3.03. The lowest BCUT2D eigenvalue weighted by Crippen LogP contribution is -2.32. The monoisotopic (exact) mass is 189 g/mol. The fraction of sp³-hybridized carbons (Fsp3) is 0.250. The fourth-order valence-electron chi connectivity index (χ4n) is 0.414. The highest BCUT2D eigenvalue weighted by atomic mass is 79.9. The van der Waals surface area contributed by atoms with Crippen LogP contribution in [-0.4, -0.2) is 10.4 Å². The molecule has 0 aromatic rings. The molecule has 0 aromatic carbocycles. The van der Waals surface area contributed by atoms with E-state index in [1.54, 1.807) is 0 Å². The number of primary amides is 1. The highest BCUT2D eigenvalue weighted by Gasteiger charge is 2.32. The van der Waals surface area contributed by atoms with Gasteiger partial charge >= 0.3 is 0 Å². The molecule has 0 radical (unpaired) electrons. The maximum absolute atomic E-state index is 10.5. The Kier molecular flexibility index (Phi) is 1.36. The lowest BCUT2D eigenvalue weighted by molar-refractivity contribution is -0.118. The molecule has 0 aliphatic carbocycles. The van der Waals surface area contributed by atoms with E-state index in [1.807, 2.05) is 0 Å². The van der Waals surface area contributed by atoms with Crippen LogP contribution in [0.3, 0.4) is 0 Å². The first-order chi connectivity index (χ1) is 4.15. The van der Waals surface area contributed by atoms with Crippen molar-refractivity contribution in [2.24, 2.45) is 16.0 Å². The number of rotatable bonds is 1. The summed E-state index contributed by atoms with van der Waals surface area (Å²) in [5, 5.41) is 6.98. The van der Waals surface area contributed by atoms with Crippen LogP contribution in [0, 0.1) is 0 Å². The molecule has 0 spiro atoms. The van der Waals surface area contributed by atoms with Crippen molar-refractivity contribution in [3.05, 3.63) is 12.3 Å². The van der Waals surface area contributed by atoms with Crippen LogP contribution in [0.25, 0.3) is 0 Å². The van der Waals surface area contributed by atoms with Gasteiger partial charge in [-0.05, 0) is 22.0 Å². The highest BCUT2D eigenvalue weighted by molar-refractivity contribution is 9.10. The van der Waals surface area contributed by atoms with E-state index in [0.717, 1.165) is 0 Å². The number of nitrogens with zero attached hydrogens (tertiary/aromatic N) is 2. The van der Waals surface area contributed by atoms with Gasteiger partial charge in [-0.2, -0.15) is 10.2 Å². The van der Waals surface area contributed by atoms with Crippen LogP contribution in [0.15, 0.2) is 22.5 Å². The molecule has 1 atom stereocenters. The van der Waals surface area contributed by atoms with E-state index in [-0.39, 0.29) is 0 Å². The van der Waals surface area contributed by atoms with Gasteiger partial charge in [-0.1, -0.05) is 0 Å². The van der Waals surface area contributed by atoms with E-state index >= 15 is 0 Å². The third-order valence-electron chi connectivity index (χ3n) is 0.911. The predicted molar refractivity (Wildman–Crippen MR) is 34.8 cm³/mol. The van der Waals surface area contributed by atoms with Gasteiger partial charge in [0, 0.05) is 6.20 Å². The summed E-state index contributed by atoms with van der Waals surface area (Å²) in [7, 11) is 0. The maximum atomic E-state index is 10.5. The topological polar surface area (TPSA) is 67.8 Å². The van der Waals surface area contributed by atoms with Gasteiger partial charge in [0.25, 0.3) is 5.91 Å². The Morgan fingerprint density at radius 1 is 1.78 bits per heavy atom. The molecule has 0 saturated carbocycles. The van der Waals surface area contributed by atoms with Gasteiger partial charge in [0.15, 0.2) is 0 Å². The Balaban J connectivity index is 2.88. The van der Waals surface area contributed by atoms with E-state index in [2.05, 4.69) is 26.2 Å². The first-order valence-electron chi connectivity index (χ1n) is 2.24. The average molecular weight is 190 g/mol. The van der Waals surface area contributed by atoms with Gasteiger partial charge in [0.1, 0.15) is 0 Å². The maximum Gasteiger partial charge on any atom is 0.262 e. The summed E-state index contributed by atoms with van der Waals surface area (Å²) < 4.78 is -1.08. The highest BCUT2D eigenvalue weighted by Crippen LogP contribution is 2.25. The third kappa shape index (κ3) is 0.999. The van der Waals surface area contributed by atoms with Crippen LogP contribution < -0.4 is 5.73 Å². The molecule has 0 saturated heterocycles. The minimum atomic E-state index is -1.08. The predicted octanol–water partition coefficient (Wildman–Crippen LogP) is 0.542. The Morgan fingerprint density at radius 3 is 2.67 bits per heavy atom. The number of amides is 1. The SMILES string of the molecule is NC(=O)C1(Br)C=CN=N1. The second-order valence-electron chi connectivity index (χ2n) is 1.57. The number of hydrogen-bond donors (Lipinski definition) is 1. The van der Waals surface area contributed by atoms with Crippen LogP contribution in [0.1, 0.15) is 0 Å². The van der Waals surface area contributed by atoms with Crippen LogP contribution in [-0.2, 0) is 4.79 Å². The van der Waals surface area contributed by atoms with Gasteiger partial charge in [-0.15, -0.1) is 0 Å². The minimum absolute atomic E-state index is 0.556. The van der Waals surface area contributed by atoms with Crippen molar-refractivity contribution >= 4 is 21.8 Å². The van der Waals surface area contributed by atoms with Crippen molar-refractivity contribution in [2.75, 3.05) is 0 Å². The summed E-state index contributed by atoms with van der Waals surface area (Å²) in [4.78, 5) is 10.5. The number of carbonyl (C=O) groups is 1. The van der Waals surface area contributed by atoms with E-state index in [1.165, 1.54) is 12.3 Å². The van der Waals surface area contributed by atoms with Gasteiger partial charge < -0.3 is 5.73 Å². The summed E-state index contributed by atoms with van der Waals surface area (Å²) in [5.74, 6) is -0.556. The van der Waals surface area contributed by atoms with Gasteiger partial charge in [0.05, 0.1) is 0 Å². The average Bonchev–Trinajstić information content (AvgIpc) is 2.16. The van der Waals surface area contributed by atoms with Crippen molar-refractivity contribution in [1.82, 2.24) is 0 Å². The fourth-order valence-corrected chi connectivity index (χ4v) is 0.624. The second-order valence-corrected chi connectivity index (χ2v) is 2.78. The minimum Gasteiger partial charge on any atom is -0.366 e. The molecule has 1 aliphatic heterocycles. The number of carbonyl (C=O) groups excluding carboxylic acids is 1. The molecule has 0 bridgehead atoms. The normalized spacial score (nSPS) is 31.2. The molecule has 2 N–H and O–H groups in total. The number of hydrogen-bond acceptors (Lipinski definition) is 3. The van der Waals surface area contributed by atoms with Gasteiger partial charge in [0.2, 0.25) is 4.45 Å². The lowest BCUT2D eigenvalue weighted by Gasteiger charge is -2.06. The molecule has 1 heterocycles. The zero-order valence-corrected chi connectivity index (χ0v) is 6.00. The molecule has 9 heavy (non-hydrogen) atoms. The molecule has 1 rings (SSSR count). The van der Waals surface area contributed by atoms with E-state index in [4.69, 9.17) is 5.73 Å². The first kappa shape index (κ1) is 6.41. The molecule has 4 nitrogen and oxygen atoms in total. The summed E-state index contributed by atoms with van der Waals surface area (Å²) in [6.45, 7) is 0. The number of halogens is 1. The lowest BCUT2D eigenvalue weighted by atomic mass is 10.3. The summed E-state index contributed by atoms with van der Waals surface area (Å²) >= 11 is 2.99. The molecular formula is C4H4BrN3O. The van der Waals surface area contributed by atoms with Crippen molar-refractivity contribution in [3.8, 4) is 0 Å². The van der Waals surface area contributed by atoms with Crippen LogP contribution in [0.5, 0.6) is 0 Å². The Morgan fingerprint density at radius 2 is 2.44 bits per heavy atom. The molecule has 48 valence electrons. The number of nitrogens with two attached hydrogens (primary N) is 1. The molecular weight excluding hydrogens is 186 g/mol. The van der Waals surface area contributed by atoms with Crippen molar-refractivity contribution in [3.63, 3.8) is 0 Å². The number of alkyl halides is 1. The Bertz CT molecular complexity index is 186. The standard InChI is InChI=1S/C4H4BrN3O/c5-4(3(6)9)1-2-7-8-4/h1-2H,(H2,6,9). The van der Waals surface area contributed by atoms with Crippen LogP contribution >= 0.6 is 15.9 Å². The summed E-state index contributed by atoms with van der Waals surface area (Å²) in [5.41, 5.74) is 4.94. The molecule has 0 fully saturated rings. The smallest absolute Gasteiger partial charge is 0.262 e. The van der Waals surface area contributed by atoms with Crippen molar-refractivity contribution in [1.29, 1.82) is 0 Å². The van der Waals surface area contributed by atoms with Crippen molar-refractivity contribution < 1.29 is 4.79 Å². The molecule has 5 heteroatoms. The number of azo groups is 1. The molecule has 0 aromatic heterocycles. The second kappa shape index (κ2) is 1.91. The zero-order chi connectivity index (χ0) is 6.91. The van der Waals surface area contributed by atoms with E-state index < -0.39 is 10.4 Å². The molecule has 1 aliphatic rings. The quantitative estimate of drug-likeness (QED) is 0.475. The zero-order valence-electron chi connectivity index (χ0n) is 4.41. The van der Waals surface area contributed by atoms with Crippen LogP contribution in [0.2, 0.25) is 0 Å². The van der Waals surface area contributed by atoms with Gasteiger partial charge in [-0.3, -0.25) is 4.79 Å². The molecule has 1 amide bonds. The van der Waals surface area contributed by atoms with Gasteiger partial charge in [-0.25, -0.2) is 0 Å². The van der Waals surface area contributed by atoms with Crippen LogP contribution in [0.4, 0.5) is 0 Å². The largest absolute Gasteiger partial charge is 0.366 e. The Labute approximate surface area is 60.0 Å².